The van der Waals surface area contributed by atoms with Crippen molar-refractivity contribution in [3.63, 3.8) is 0 Å². The van der Waals surface area contributed by atoms with Gasteiger partial charge >= 0.3 is 0 Å². The molecule has 2 rings (SSSR count). The van der Waals surface area contributed by atoms with Crippen molar-refractivity contribution in [2.75, 3.05) is 6.61 Å². The third kappa shape index (κ3) is 2.71. The molecule has 2 saturated heterocycles. The van der Waals surface area contributed by atoms with Crippen LogP contribution in [-0.2, 0) is 14.3 Å². The van der Waals surface area contributed by atoms with Crippen LogP contribution in [0.3, 0.4) is 0 Å². The Morgan fingerprint density at radius 3 is 2.35 bits per heavy atom. The summed E-state index contributed by atoms with van der Waals surface area (Å²) < 4.78 is 11.6. The molecule has 3 nitrogen and oxygen atoms in total. The van der Waals surface area contributed by atoms with Crippen molar-refractivity contribution in [2.45, 2.75) is 70.7 Å². The number of Topliss-reactive ketones (excluding diaryl/α,β-unsaturated/α-hetero) is 1. The molecule has 0 N–H and O–H groups in total. The number of rotatable bonds is 2. The molecule has 0 amide bonds. The number of carbonyl (C=O) groups is 1. The minimum absolute atomic E-state index is 0.0272. The van der Waals surface area contributed by atoms with E-state index in [0.717, 1.165) is 32.3 Å². The molecule has 2 unspecified atom stereocenters. The van der Waals surface area contributed by atoms with Crippen LogP contribution in [0.1, 0.15) is 53.4 Å². The fourth-order valence-electron chi connectivity index (χ4n) is 3.19. The molecule has 17 heavy (non-hydrogen) atoms. The number of hydrogen-bond acceptors (Lipinski definition) is 3. The van der Waals surface area contributed by atoms with Crippen molar-refractivity contribution < 1.29 is 14.3 Å². The number of hydrogen-bond donors (Lipinski definition) is 0. The summed E-state index contributed by atoms with van der Waals surface area (Å²) in [5.74, 6) is 0.223. The average Bonchev–Trinajstić information content (AvgIpc) is 2.47. The van der Waals surface area contributed by atoms with Gasteiger partial charge in [-0.05, 0) is 53.4 Å². The van der Waals surface area contributed by atoms with Crippen molar-refractivity contribution in [1.82, 2.24) is 0 Å². The standard InChI is InChI=1S/C14H24O3/c1-13(2)9-10(14(3,4)17-13)12(15)11-7-5-6-8-16-11/h10-11H,5-9H2,1-4H3. The summed E-state index contributed by atoms with van der Waals surface area (Å²) in [7, 11) is 0. The van der Waals surface area contributed by atoms with Crippen LogP contribution in [0.5, 0.6) is 0 Å². The molecule has 0 aromatic carbocycles. The molecule has 0 aliphatic carbocycles. The zero-order valence-electron chi connectivity index (χ0n) is 11.4. The van der Waals surface area contributed by atoms with E-state index in [1.54, 1.807) is 0 Å². The summed E-state index contributed by atoms with van der Waals surface area (Å²) in [6.45, 7) is 8.89. The van der Waals surface area contributed by atoms with Crippen LogP contribution in [-0.4, -0.2) is 29.7 Å². The highest BCUT2D eigenvalue weighted by atomic mass is 16.5. The van der Waals surface area contributed by atoms with Crippen LogP contribution >= 0.6 is 0 Å². The van der Waals surface area contributed by atoms with Crippen molar-refractivity contribution in [3.05, 3.63) is 0 Å². The van der Waals surface area contributed by atoms with Crippen LogP contribution in [0, 0.1) is 5.92 Å². The van der Waals surface area contributed by atoms with Gasteiger partial charge in [-0.3, -0.25) is 4.79 Å². The van der Waals surface area contributed by atoms with E-state index >= 15 is 0 Å². The number of ketones is 1. The normalized spacial score (nSPS) is 35.8. The van der Waals surface area contributed by atoms with Crippen LogP contribution in [0.15, 0.2) is 0 Å². The molecule has 2 aliphatic rings. The zero-order valence-corrected chi connectivity index (χ0v) is 11.4. The Bertz CT molecular complexity index is 301. The van der Waals surface area contributed by atoms with Gasteiger partial charge in [0.05, 0.1) is 17.1 Å². The Labute approximate surface area is 104 Å². The Kier molecular flexibility index (Phi) is 3.34. The Hall–Kier alpha value is -0.410. The average molecular weight is 240 g/mol. The van der Waals surface area contributed by atoms with Gasteiger partial charge in [-0.2, -0.15) is 0 Å². The van der Waals surface area contributed by atoms with E-state index in [-0.39, 0.29) is 29.0 Å². The third-order valence-electron chi connectivity index (χ3n) is 3.91. The summed E-state index contributed by atoms with van der Waals surface area (Å²) in [6, 6.07) is 0. The van der Waals surface area contributed by atoms with Crippen molar-refractivity contribution in [3.8, 4) is 0 Å². The van der Waals surface area contributed by atoms with Crippen molar-refractivity contribution in [1.29, 1.82) is 0 Å². The maximum atomic E-state index is 12.5. The van der Waals surface area contributed by atoms with Crippen LogP contribution < -0.4 is 0 Å². The molecule has 2 heterocycles. The number of carbonyl (C=O) groups excluding carboxylic acids is 1. The summed E-state index contributed by atoms with van der Waals surface area (Å²) in [6.07, 6.45) is 3.68. The molecule has 2 atom stereocenters. The lowest BCUT2D eigenvalue weighted by Gasteiger charge is -2.30. The Morgan fingerprint density at radius 2 is 1.88 bits per heavy atom. The molecule has 0 saturated carbocycles. The molecule has 0 spiro atoms. The quantitative estimate of drug-likeness (QED) is 0.744. The van der Waals surface area contributed by atoms with Crippen LogP contribution in [0.4, 0.5) is 0 Å². The van der Waals surface area contributed by atoms with E-state index in [4.69, 9.17) is 9.47 Å². The van der Waals surface area contributed by atoms with Gasteiger partial charge in [-0.15, -0.1) is 0 Å². The zero-order chi connectivity index (χ0) is 12.7. The SMILES string of the molecule is CC1(C)CC(C(=O)C2CCCCO2)C(C)(C)O1. The first kappa shape index (κ1) is 13.0. The lowest BCUT2D eigenvalue weighted by atomic mass is 9.81. The first-order valence-corrected chi connectivity index (χ1v) is 6.67. The molecule has 98 valence electrons. The molecule has 0 radical (unpaired) electrons. The molecule has 0 bridgehead atoms. The largest absolute Gasteiger partial charge is 0.370 e. The highest BCUT2D eigenvalue weighted by Crippen LogP contribution is 2.43. The van der Waals surface area contributed by atoms with Crippen LogP contribution in [0.25, 0.3) is 0 Å². The van der Waals surface area contributed by atoms with Crippen molar-refractivity contribution in [2.24, 2.45) is 5.92 Å². The summed E-state index contributed by atoms with van der Waals surface area (Å²) in [5.41, 5.74) is -0.556. The van der Waals surface area contributed by atoms with Gasteiger partial charge < -0.3 is 9.47 Å². The topological polar surface area (TPSA) is 35.5 Å². The van der Waals surface area contributed by atoms with Gasteiger partial charge in [0.1, 0.15) is 6.10 Å². The monoisotopic (exact) mass is 240 g/mol. The van der Waals surface area contributed by atoms with E-state index in [2.05, 4.69) is 13.8 Å². The molecular formula is C14H24O3. The van der Waals surface area contributed by atoms with E-state index in [1.165, 1.54) is 0 Å². The predicted octanol–water partition coefficient (Wildman–Crippen LogP) is 2.72. The minimum Gasteiger partial charge on any atom is -0.370 e. The van der Waals surface area contributed by atoms with E-state index < -0.39 is 0 Å². The summed E-state index contributed by atoms with van der Waals surface area (Å²) in [4.78, 5) is 12.5. The van der Waals surface area contributed by atoms with Gasteiger partial charge in [-0.25, -0.2) is 0 Å². The smallest absolute Gasteiger partial charge is 0.167 e. The molecule has 2 fully saturated rings. The van der Waals surface area contributed by atoms with Gasteiger partial charge in [0.15, 0.2) is 5.78 Å². The van der Waals surface area contributed by atoms with Gasteiger partial charge in [-0.1, -0.05) is 0 Å². The van der Waals surface area contributed by atoms with Crippen molar-refractivity contribution >= 4 is 5.78 Å². The van der Waals surface area contributed by atoms with E-state index in [9.17, 15) is 4.79 Å². The molecular weight excluding hydrogens is 216 g/mol. The van der Waals surface area contributed by atoms with Gasteiger partial charge in [0, 0.05) is 6.61 Å². The lowest BCUT2D eigenvalue weighted by molar-refractivity contribution is -0.143. The summed E-state index contributed by atoms with van der Waals surface area (Å²) in [5, 5.41) is 0. The second kappa shape index (κ2) is 4.36. The maximum Gasteiger partial charge on any atom is 0.167 e. The third-order valence-corrected chi connectivity index (χ3v) is 3.91. The highest BCUT2D eigenvalue weighted by molar-refractivity contribution is 5.87. The van der Waals surface area contributed by atoms with E-state index in [0.29, 0.717) is 0 Å². The predicted molar refractivity (Wildman–Crippen MR) is 65.9 cm³/mol. The fourth-order valence-corrected chi connectivity index (χ4v) is 3.19. The first-order valence-electron chi connectivity index (χ1n) is 6.67. The van der Waals surface area contributed by atoms with Gasteiger partial charge in [0.2, 0.25) is 0 Å². The Morgan fingerprint density at radius 1 is 1.18 bits per heavy atom. The van der Waals surface area contributed by atoms with Gasteiger partial charge in [0.25, 0.3) is 0 Å². The second-order valence-corrected chi connectivity index (χ2v) is 6.48. The number of ether oxygens (including phenoxy) is 2. The van der Waals surface area contributed by atoms with Crippen LogP contribution in [0.2, 0.25) is 0 Å². The molecule has 2 aliphatic heterocycles. The van der Waals surface area contributed by atoms with E-state index in [1.807, 2.05) is 13.8 Å². The Balaban J connectivity index is 2.08. The maximum absolute atomic E-state index is 12.5. The lowest BCUT2D eigenvalue weighted by Crippen LogP contribution is -2.41. The second-order valence-electron chi connectivity index (χ2n) is 6.48. The molecule has 0 aromatic rings. The minimum atomic E-state index is -0.360. The highest BCUT2D eigenvalue weighted by Gasteiger charge is 2.50. The molecule has 0 aromatic heterocycles. The fraction of sp³-hybridized carbons (Fsp3) is 0.929. The first-order chi connectivity index (χ1) is 7.82. The molecule has 3 heteroatoms. The summed E-state index contributed by atoms with van der Waals surface area (Å²) >= 11 is 0.